The van der Waals surface area contributed by atoms with Crippen LogP contribution in [-0.4, -0.2) is 0 Å². The van der Waals surface area contributed by atoms with Gasteiger partial charge in [-0.25, -0.2) is 0 Å². The molecule has 37 heavy (non-hydrogen) atoms. The summed E-state index contributed by atoms with van der Waals surface area (Å²) in [5.41, 5.74) is 14.5. The Bertz CT molecular complexity index is 1730. The fourth-order valence-electron chi connectivity index (χ4n) is 6.48. The highest BCUT2D eigenvalue weighted by Gasteiger charge is 2.29. The molecule has 0 bridgehead atoms. The maximum Gasteiger partial charge on any atom is 0.135 e. The second-order valence-electron chi connectivity index (χ2n) is 10.6. The van der Waals surface area contributed by atoms with E-state index in [9.17, 15) is 0 Å². The number of allylic oxidation sites excluding steroid dienone is 1. The van der Waals surface area contributed by atoms with Crippen LogP contribution in [0.2, 0.25) is 0 Å². The highest BCUT2D eigenvalue weighted by Crippen LogP contribution is 2.51. The van der Waals surface area contributed by atoms with Gasteiger partial charge in [-0.15, -0.1) is 0 Å². The van der Waals surface area contributed by atoms with E-state index in [1.165, 1.54) is 72.0 Å². The molecular formula is C36H30O. The maximum absolute atomic E-state index is 6.51. The lowest BCUT2D eigenvalue weighted by Crippen LogP contribution is -2.09. The minimum Gasteiger partial charge on any atom is -0.456 e. The van der Waals surface area contributed by atoms with Gasteiger partial charge in [-0.1, -0.05) is 78.4 Å². The van der Waals surface area contributed by atoms with Crippen molar-refractivity contribution in [1.29, 1.82) is 0 Å². The highest BCUT2D eigenvalue weighted by atomic mass is 16.5. The molecule has 0 aromatic heterocycles. The van der Waals surface area contributed by atoms with E-state index in [4.69, 9.17) is 4.74 Å². The van der Waals surface area contributed by atoms with Crippen molar-refractivity contribution in [3.8, 4) is 22.6 Å². The van der Waals surface area contributed by atoms with Crippen LogP contribution in [0.4, 0.5) is 0 Å². The third-order valence-corrected chi connectivity index (χ3v) is 8.13. The van der Waals surface area contributed by atoms with Crippen molar-refractivity contribution in [3.63, 3.8) is 0 Å². The van der Waals surface area contributed by atoms with Gasteiger partial charge in [-0.05, 0) is 108 Å². The molecule has 5 aromatic carbocycles. The average Bonchev–Trinajstić information content (AvgIpc) is 2.91. The summed E-state index contributed by atoms with van der Waals surface area (Å²) in [6.07, 6.45) is 3.36. The summed E-state index contributed by atoms with van der Waals surface area (Å²) in [4.78, 5) is 0. The molecule has 0 N–H and O–H groups in total. The third kappa shape index (κ3) is 3.53. The zero-order valence-electron chi connectivity index (χ0n) is 21.7. The van der Waals surface area contributed by atoms with E-state index >= 15 is 0 Å². The van der Waals surface area contributed by atoms with Crippen molar-refractivity contribution >= 4 is 21.9 Å². The van der Waals surface area contributed by atoms with Gasteiger partial charge in [-0.2, -0.15) is 0 Å². The van der Waals surface area contributed by atoms with Gasteiger partial charge >= 0.3 is 0 Å². The predicted octanol–water partition coefficient (Wildman–Crippen LogP) is 9.83. The molecular weight excluding hydrogens is 448 g/mol. The molecule has 5 aromatic rings. The number of hydrogen-bond acceptors (Lipinski definition) is 1. The number of para-hydroxylation sites is 1. The third-order valence-electron chi connectivity index (χ3n) is 8.13. The van der Waals surface area contributed by atoms with Crippen molar-refractivity contribution < 1.29 is 4.74 Å². The van der Waals surface area contributed by atoms with Crippen LogP contribution in [0.3, 0.4) is 0 Å². The zero-order valence-corrected chi connectivity index (χ0v) is 21.7. The molecule has 0 saturated heterocycles. The van der Waals surface area contributed by atoms with Crippen LogP contribution in [0, 0.1) is 20.8 Å². The second-order valence-corrected chi connectivity index (χ2v) is 10.6. The monoisotopic (exact) mass is 478 g/mol. The largest absolute Gasteiger partial charge is 0.456 e. The van der Waals surface area contributed by atoms with Crippen LogP contribution in [0.1, 0.15) is 51.8 Å². The van der Waals surface area contributed by atoms with Crippen LogP contribution in [0.25, 0.3) is 33.0 Å². The Balaban J connectivity index is 1.56. The Labute approximate surface area is 219 Å². The van der Waals surface area contributed by atoms with Crippen molar-refractivity contribution in [1.82, 2.24) is 0 Å². The summed E-state index contributed by atoms with van der Waals surface area (Å²) in [7, 11) is 0. The summed E-state index contributed by atoms with van der Waals surface area (Å²) in [5, 5.41) is 2.69. The number of aryl methyl sites for hydroxylation is 4. The predicted molar refractivity (Wildman–Crippen MR) is 155 cm³/mol. The molecule has 1 heterocycles. The van der Waals surface area contributed by atoms with Gasteiger partial charge < -0.3 is 4.74 Å². The molecule has 1 aliphatic heterocycles. The Hall–Kier alpha value is -4.10. The van der Waals surface area contributed by atoms with E-state index in [1.807, 2.05) is 0 Å². The number of hydrogen-bond donors (Lipinski definition) is 0. The summed E-state index contributed by atoms with van der Waals surface area (Å²) in [5.74, 6) is 1.89. The van der Waals surface area contributed by atoms with Gasteiger partial charge in [0.2, 0.25) is 0 Å². The van der Waals surface area contributed by atoms with E-state index in [2.05, 4.69) is 112 Å². The van der Waals surface area contributed by atoms with Crippen LogP contribution >= 0.6 is 0 Å². The normalized spacial score (nSPS) is 16.1. The molecule has 180 valence electrons. The molecule has 1 nitrogen and oxygen atoms in total. The summed E-state index contributed by atoms with van der Waals surface area (Å²) < 4.78 is 6.51. The Morgan fingerprint density at radius 1 is 0.622 bits per heavy atom. The molecule has 1 aliphatic carbocycles. The van der Waals surface area contributed by atoms with E-state index in [-0.39, 0.29) is 0 Å². The molecule has 2 aliphatic rings. The first-order valence-electron chi connectivity index (χ1n) is 13.3. The number of fused-ring (bicyclic) bond motifs is 5. The summed E-state index contributed by atoms with van der Waals surface area (Å²) >= 11 is 0. The molecule has 0 amide bonds. The first-order chi connectivity index (χ1) is 18.1. The van der Waals surface area contributed by atoms with Crippen molar-refractivity contribution in [2.45, 2.75) is 40.0 Å². The lowest BCUT2D eigenvalue weighted by molar-refractivity contribution is 0.474. The zero-order chi connectivity index (χ0) is 25.1. The van der Waals surface area contributed by atoms with E-state index in [0.29, 0.717) is 0 Å². The van der Waals surface area contributed by atoms with Gasteiger partial charge in [0.05, 0.1) is 0 Å². The Morgan fingerprint density at radius 3 is 2.30 bits per heavy atom. The molecule has 0 fully saturated rings. The van der Waals surface area contributed by atoms with Gasteiger partial charge in [0, 0.05) is 16.7 Å². The number of benzene rings is 5. The van der Waals surface area contributed by atoms with E-state index in [1.54, 1.807) is 0 Å². The Kier molecular flexibility index (Phi) is 5.08. The quantitative estimate of drug-likeness (QED) is 0.228. The molecule has 0 unspecified atom stereocenters. The minimum atomic E-state index is 0.944. The van der Waals surface area contributed by atoms with Crippen molar-refractivity contribution in [2.75, 3.05) is 0 Å². The molecule has 1 heteroatoms. The first-order valence-corrected chi connectivity index (χ1v) is 13.3. The SMILES string of the molecule is Cc1ccc2c3c(ccc2c1)CCC/C3=C1/c2ccccc2Oc2ccc(-c3c(C)cccc3C)cc21. The van der Waals surface area contributed by atoms with Gasteiger partial charge in [0.15, 0.2) is 0 Å². The number of ether oxygens (including phenoxy) is 1. The van der Waals surface area contributed by atoms with Gasteiger partial charge in [0.25, 0.3) is 0 Å². The van der Waals surface area contributed by atoms with Gasteiger partial charge in [-0.3, -0.25) is 0 Å². The minimum absolute atomic E-state index is 0.944. The van der Waals surface area contributed by atoms with E-state index in [0.717, 1.165) is 30.8 Å². The first kappa shape index (κ1) is 22.1. The average molecular weight is 479 g/mol. The summed E-state index contributed by atoms with van der Waals surface area (Å²) in [6.45, 7) is 6.59. The van der Waals surface area contributed by atoms with Crippen LogP contribution in [0.15, 0.2) is 91.0 Å². The Morgan fingerprint density at radius 2 is 1.43 bits per heavy atom. The van der Waals surface area contributed by atoms with E-state index < -0.39 is 0 Å². The lowest BCUT2D eigenvalue weighted by atomic mass is 9.77. The van der Waals surface area contributed by atoms with Crippen LogP contribution in [-0.2, 0) is 6.42 Å². The molecule has 0 atom stereocenters. The molecule has 0 saturated carbocycles. The van der Waals surface area contributed by atoms with Crippen LogP contribution in [0.5, 0.6) is 11.5 Å². The standard InChI is InChI=1S/C36H30O/c1-22-14-18-28-26(20-22)16-15-25-10-7-12-30(35(25)28)36-29-11-4-5-13-32(29)37-33-19-17-27(21-31(33)36)34-23(2)8-6-9-24(34)3/h4-6,8-9,11,13-21H,7,10,12H2,1-3H3/b36-30+. The maximum atomic E-state index is 6.51. The molecule has 0 radical (unpaired) electrons. The smallest absolute Gasteiger partial charge is 0.135 e. The fraction of sp³-hybridized carbons (Fsp3) is 0.167. The van der Waals surface area contributed by atoms with Crippen molar-refractivity contribution in [3.05, 3.63) is 130 Å². The van der Waals surface area contributed by atoms with Crippen molar-refractivity contribution in [2.24, 2.45) is 0 Å². The van der Waals surface area contributed by atoms with Crippen LogP contribution < -0.4 is 4.74 Å². The summed E-state index contributed by atoms with van der Waals surface area (Å²) in [6, 6.07) is 33.4. The molecule has 7 rings (SSSR count). The molecule has 0 spiro atoms. The highest BCUT2D eigenvalue weighted by molar-refractivity contribution is 6.09. The number of rotatable bonds is 1. The second kappa shape index (κ2) is 8.49. The lowest BCUT2D eigenvalue weighted by Gasteiger charge is -2.30. The fourth-order valence-corrected chi connectivity index (χ4v) is 6.48. The topological polar surface area (TPSA) is 9.23 Å². The van der Waals surface area contributed by atoms with Gasteiger partial charge in [0.1, 0.15) is 11.5 Å².